The molecule has 13 heavy (non-hydrogen) atoms. The summed E-state index contributed by atoms with van der Waals surface area (Å²) in [7, 11) is 1.40. The zero-order valence-electron chi connectivity index (χ0n) is 7.10. The van der Waals surface area contributed by atoms with E-state index in [2.05, 4.69) is 5.10 Å². The molecule has 0 fully saturated rings. The van der Waals surface area contributed by atoms with Gasteiger partial charge in [-0.2, -0.15) is 5.10 Å². The molecule has 0 spiro atoms. The summed E-state index contributed by atoms with van der Waals surface area (Å²) in [5.41, 5.74) is -1.26. The van der Waals surface area contributed by atoms with Crippen LogP contribution in [0.15, 0.2) is 9.59 Å². The van der Waals surface area contributed by atoms with Gasteiger partial charge in [0.25, 0.3) is 0 Å². The van der Waals surface area contributed by atoms with E-state index in [4.69, 9.17) is 0 Å². The molecule has 1 aliphatic rings. The highest BCUT2D eigenvalue weighted by molar-refractivity contribution is 4.98. The average Bonchev–Trinajstić information content (AvgIpc) is 2.45. The molecule has 0 radical (unpaired) electrons. The average molecular weight is 183 g/mol. The van der Waals surface area contributed by atoms with Gasteiger partial charge in [0.05, 0.1) is 0 Å². The third kappa shape index (κ3) is 1.02. The van der Waals surface area contributed by atoms with Gasteiger partial charge in [-0.15, -0.1) is 0 Å². The number of aliphatic hydroxyl groups excluding tert-OH is 1. The van der Waals surface area contributed by atoms with Crippen molar-refractivity contribution in [3.05, 3.63) is 26.5 Å². The van der Waals surface area contributed by atoms with E-state index in [1.165, 1.54) is 11.6 Å². The molecule has 1 aromatic heterocycles. The van der Waals surface area contributed by atoms with Crippen LogP contribution >= 0.6 is 0 Å². The summed E-state index contributed by atoms with van der Waals surface area (Å²) in [6.45, 7) is 0.373. The van der Waals surface area contributed by atoms with Crippen LogP contribution in [0.3, 0.4) is 0 Å². The van der Waals surface area contributed by atoms with Crippen LogP contribution < -0.4 is 11.1 Å². The zero-order valence-corrected chi connectivity index (χ0v) is 7.10. The summed E-state index contributed by atoms with van der Waals surface area (Å²) in [5, 5.41) is 13.2. The number of nitrogens with zero attached hydrogens (tertiary/aromatic N) is 3. The topological polar surface area (TPSA) is 77.1 Å². The summed E-state index contributed by atoms with van der Waals surface area (Å²) < 4.78 is 2.19. The zero-order chi connectivity index (χ0) is 9.59. The van der Waals surface area contributed by atoms with E-state index >= 15 is 0 Å². The number of hydrogen-bond donors (Lipinski definition) is 1. The van der Waals surface area contributed by atoms with Crippen molar-refractivity contribution in [3.63, 3.8) is 0 Å². The standard InChI is InChI=1S/C7H9N3O3/c1-9-6(12)7(13)10-3-2-4(11)5(10)8-9/h4,11H,2-3H2,1H3/t4-/m1/s1. The lowest BCUT2D eigenvalue weighted by atomic mass is 10.3. The first-order chi connectivity index (χ1) is 6.11. The first-order valence-corrected chi connectivity index (χ1v) is 3.97. The SMILES string of the molecule is Cn1nc2n(c(=O)c1=O)CC[C@H]2O. The Kier molecular flexibility index (Phi) is 1.59. The maximum Gasteiger partial charge on any atom is 0.332 e. The first kappa shape index (κ1) is 8.18. The van der Waals surface area contributed by atoms with E-state index in [1.807, 2.05) is 0 Å². The van der Waals surface area contributed by atoms with Crippen LogP contribution in [-0.4, -0.2) is 19.5 Å². The van der Waals surface area contributed by atoms with Gasteiger partial charge in [0.2, 0.25) is 0 Å². The molecule has 1 aliphatic heterocycles. The van der Waals surface area contributed by atoms with Crippen molar-refractivity contribution in [3.8, 4) is 0 Å². The Morgan fingerprint density at radius 3 is 2.85 bits per heavy atom. The normalized spacial score (nSPS) is 20.3. The van der Waals surface area contributed by atoms with Crippen molar-refractivity contribution in [2.24, 2.45) is 7.05 Å². The second kappa shape index (κ2) is 2.53. The van der Waals surface area contributed by atoms with E-state index in [9.17, 15) is 14.7 Å². The van der Waals surface area contributed by atoms with E-state index in [0.29, 0.717) is 13.0 Å². The molecule has 1 N–H and O–H groups in total. The number of hydrogen-bond acceptors (Lipinski definition) is 4. The van der Waals surface area contributed by atoms with Crippen molar-refractivity contribution in [2.75, 3.05) is 0 Å². The molecule has 2 rings (SSSR count). The Labute approximate surface area is 73.0 Å². The minimum atomic E-state index is -0.723. The third-order valence-corrected chi connectivity index (χ3v) is 2.18. The molecular weight excluding hydrogens is 174 g/mol. The highest BCUT2D eigenvalue weighted by Gasteiger charge is 2.24. The molecule has 1 aromatic rings. The second-order valence-corrected chi connectivity index (χ2v) is 3.05. The van der Waals surface area contributed by atoms with Gasteiger partial charge in [-0.1, -0.05) is 0 Å². The van der Waals surface area contributed by atoms with E-state index in [0.717, 1.165) is 4.68 Å². The smallest absolute Gasteiger partial charge is 0.332 e. The molecule has 70 valence electrons. The van der Waals surface area contributed by atoms with Gasteiger partial charge >= 0.3 is 11.1 Å². The molecule has 0 unspecified atom stereocenters. The Balaban J connectivity index is 2.82. The molecule has 0 aliphatic carbocycles. The van der Waals surface area contributed by atoms with Crippen molar-refractivity contribution in [1.82, 2.24) is 14.3 Å². The predicted octanol–water partition coefficient (Wildman–Crippen LogP) is -1.62. The second-order valence-electron chi connectivity index (χ2n) is 3.05. The summed E-state index contributed by atoms with van der Waals surface area (Å²) in [4.78, 5) is 22.4. The van der Waals surface area contributed by atoms with Gasteiger partial charge in [-0.05, 0) is 6.42 Å². The number of aromatic nitrogens is 3. The van der Waals surface area contributed by atoms with Gasteiger partial charge in [0, 0.05) is 13.6 Å². The molecule has 0 saturated carbocycles. The molecule has 6 heteroatoms. The molecule has 0 aromatic carbocycles. The Bertz CT molecular complexity index is 459. The largest absolute Gasteiger partial charge is 0.385 e. The van der Waals surface area contributed by atoms with Crippen LogP contribution in [0, 0.1) is 0 Å². The monoisotopic (exact) mass is 183 g/mol. The maximum absolute atomic E-state index is 11.3. The molecule has 2 heterocycles. The van der Waals surface area contributed by atoms with Crippen LogP contribution in [0.5, 0.6) is 0 Å². The number of aryl methyl sites for hydroxylation is 1. The van der Waals surface area contributed by atoms with Crippen LogP contribution in [0.1, 0.15) is 18.3 Å². The van der Waals surface area contributed by atoms with Crippen molar-refractivity contribution in [2.45, 2.75) is 19.1 Å². The lowest BCUT2D eigenvalue weighted by molar-refractivity contribution is 0.173. The summed E-state index contributed by atoms with van der Waals surface area (Å²) in [6, 6.07) is 0. The third-order valence-electron chi connectivity index (χ3n) is 2.18. The van der Waals surface area contributed by atoms with E-state index in [1.54, 1.807) is 0 Å². The highest BCUT2D eigenvalue weighted by Crippen LogP contribution is 2.19. The molecule has 6 nitrogen and oxygen atoms in total. The molecule has 0 saturated heterocycles. The lowest BCUT2D eigenvalue weighted by Gasteiger charge is -2.04. The quantitative estimate of drug-likeness (QED) is 0.490. The first-order valence-electron chi connectivity index (χ1n) is 3.97. The highest BCUT2D eigenvalue weighted by atomic mass is 16.3. The minimum Gasteiger partial charge on any atom is -0.385 e. The van der Waals surface area contributed by atoms with Gasteiger partial charge in [0.1, 0.15) is 6.10 Å². The Morgan fingerprint density at radius 1 is 1.46 bits per heavy atom. The fourth-order valence-electron chi connectivity index (χ4n) is 1.45. The van der Waals surface area contributed by atoms with Gasteiger partial charge in [-0.25, -0.2) is 4.68 Å². The van der Waals surface area contributed by atoms with Crippen LogP contribution in [0.2, 0.25) is 0 Å². The summed E-state index contributed by atoms with van der Waals surface area (Å²) >= 11 is 0. The minimum absolute atomic E-state index is 0.284. The lowest BCUT2D eigenvalue weighted by Crippen LogP contribution is -2.42. The van der Waals surface area contributed by atoms with Gasteiger partial charge in [0.15, 0.2) is 5.82 Å². The Morgan fingerprint density at radius 2 is 2.15 bits per heavy atom. The Hall–Kier alpha value is -1.43. The van der Waals surface area contributed by atoms with Crippen molar-refractivity contribution >= 4 is 0 Å². The predicted molar refractivity (Wildman–Crippen MR) is 43.3 cm³/mol. The summed E-state index contributed by atoms with van der Waals surface area (Å²) in [6.07, 6.45) is -0.273. The number of aliphatic hydroxyl groups is 1. The van der Waals surface area contributed by atoms with Gasteiger partial charge < -0.3 is 5.11 Å². The number of fused-ring (bicyclic) bond motifs is 1. The number of rotatable bonds is 0. The van der Waals surface area contributed by atoms with Crippen molar-refractivity contribution < 1.29 is 5.11 Å². The van der Waals surface area contributed by atoms with Crippen LogP contribution in [0.4, 0.5) is 0 Å². The van der Waals surface area contributed by atoms with Crippen LogP contribution in [-0.2, 0) is 13.6 Å². The molecular formula is C7H9N3O3. The summed E-state index contributed by atoms with van der Waals surface area (Å²) in [5.74, 6) is 0.284. The molecule has 1 atom stereocenters. The maximum atomic E-state index is 11.3. The van der Waals surface area contributed by atoms with Crippen LogP contribution in [0.25, 0.3) is 0 Å². The fourth-order valence-corrected chi connectivity index (χ4v) is 1.45. The molecule has 0 bridgehead atoms. The van der Waals surface area contributed by atoms with E-state index < -0.39 is 17.2 Å². The molecule has 0 amide bonds. The van der Waals surface area contributed by atoms with Crippen molar-refractivity contribution in [1.29, 1.82) is 0 Å². The van der Waals surface area contributed by atoms with E-state index in [-0.39, 0.29) is 5.82 Å². The fraction of sp³-hybridized carbons (Fsp3) is 0.571. The van der Waals surface area contributed by atoms with Gasteiger partial charge in [-0.3, -0.25) is 14.2 Å².